The number of rotatable bonds is 2. The lowest BCUT2D eigenvalue weighted by Gasteiger charge is -2.29. The highest BCUT2D eigenvalue weighted by atomic mass is 35.5. The van der Waals surface area contributed by atoms with Crippen molar-refractivity contribution in [2.24, 2.45) is 5.41 Å². The molecule has 1 heterocycles. The van der Waals surface area contributed by atoms with Crippen LogP contribution in [0.3, 0.4) is 0 Å². The van der Waals surface area contributed by atoms with Gasteiger partial charge in [0.25, 0.3) is 0 Å². The van der Waals surface area contributed by atoms with Crippen LogP contribution in [0.5, 0.6) is 0 Å². The number of Topliss-reactive ketones (excluding diaryl/α,β-unsaturated/α-hetero) is 1. The van der Waals surface area contributed by atoms with E-state index in [0.29, 0.717) is 34.8 Å². The Kier molecular flexibility index (Phi) is 4.24. The van der Waals surface area contributed by atoms with Gasteiger partial charge < -0.3 is 5.32 Å². The van der Waals surface area contributed by atoms with E-state index in [1.165, 1.54) is 6.20 Å². The number of urea groups is 1. The van der Waals surface area contributed by atoms with Crippen LogP contribution in [0.2, 0.25) is 5.02 Å². The van der Waals surface area contributed by atoms with E-state index in [1.807, 2.05) is 13.8 Å². The number of anilines is 2. The Morgan fingerprint density at radius 1 is 1.17 bits per heavy atom. The van der Waals surface area contributed by atoms with Gasteiger partial charge in [-0.25, -0.2) is 14.8 Å². The number of nitrogens with zero attached hydrogens (tertiary/aromatic N) is 2. The molecule has 0 saturated carbocycles. The van der Waals surface area contributed by atoms with E-state index in [-0.39, 0.29) is 17.1 Å². The minimum Gasteiger partial charge on any atom is -0.308 e. The molecule has 0 spiro atoms. The van der Waals surface area contributed by atoms with Crippen molar-refractivity contribution in [3.63, 3.8) is 0 Å². The molecule has 2 amide bonds. The number of halogens is 1. The standard InChI is InChI=1S/C17H17ClN4O2/c1-17(2)7-13-12(14(23)8-17)9-19-15(21-13)22-16(24)20-11-5-3-10(18)4-6-11/h3-6,9H,7-8H2,1-2H3,(H2,19,20,21,22,24). The zero-order valence-corrected chi connectivity index (χ0v) is 14.1. The molecule has 0 bridgehead atoms. The lowest BCUT2D eigenvalue weighted by Crippen LogP contribution is -2.29. The van der Waals surface area contributed by atoms with Gasteiger partial charge in [-0.1, -0.05) is 25.4 Å². The van der Waals surface area contributed by atoms with Gasteiger partial charge in [0, 0.05) is 23.3 Å². The van der Waals surface area contributed by atoms with Crippen molar-refractivity contribution < 1.29 is 9.59 Å². The monoisotopic (exact) mass is 344 g/mol. The zero-order chi connectivity index (χ0) is 17.3. The third kappa shape index (κ3) is 3.71. The number of benzene rings is 1. The first kappa shape index (κ1) is 16.4. The predicted molar refractivity (Wildman–Crippen MR) is 92.6 cm³/mol. The largest absolute Gasteiger partial charge is 0.326 e. The van der Waals surface area contributed by atoms with Gasteiger partial charge in [0.1, 0.15) is 0 Å². The van der Waals surface area contributed by atoms with E-state index in [4.69, 9.17) is 11.6 Å². The van der Waals surface area contributed by atoms with E-state index < -0.39 is 6.03 Å². The second-order valence-electron chi connectivity index (χ2n) is 6.58. The van der Waals surface area contributed by atoms with Crippen molar-refractivity contribution in [2.45, 2.75) is 26.7 Å². The first-order valence-electron chi connectivity index (χ1n) is 7.55. The van der Waals surface area contributed by atoms with Crippen LogP contribution in [0, 0.1) is 5.41 Å². The number of ketones is 1. The van der Waals surface area contributed by atoms with Crippen molar-refractivity contribution >= 4 is 35.1 Å². The molecule has 2 aromatic rings. The summed E-state index contributed by atoms with van der Waals surface area (Å²) in [6, 6.07) is 6.28. The average molecular weight is 345 g/mol. The van der Waals surface area contributed by atoms with Crippen molar-refractivity contribution in [3.8, 4) is 0 Å². The molecule has 1 aliphatic rings. The summed E-state index contributed by atoms with van der Waals surface area (Å²) in [4.78, 5) is 32.5. The summed E-state index contributed by atoms with van der Waals surface area (Å²) in [6.45, 7) is 4.05. The van der Waals surface area contributed by atoms with Crippen molar-refractivity contribution in [3.05, 3.63) is 46.7 Å². The highest BCUT2D eigenvalue weighted by Gasteiger charge is 2.32. The number of hydrogen-bond acceptors (Lipinski definition) is 4. The molecule has 0 saturated heterocycles. The average Bonchev–Trinajstić information content (AvgIpc) is 2.48. The molecule has 6 nitrogen and oxygen atoms in total. The number of amides is 2. The van der Waals surface area contributed by atoms with Gasteiger partial charge in [-0.05, 0) is 36.1 Å². The molecule has 2 N–H and O–H groups in total. The van der Waals surface area contributed by atoms with Gasteiger partial charge in [-0.2, -0.15) is 0 Å². The Balaban J connectivity index is 1.73. The molecular weight excluding hydrogens is 328 g/mol. The van der Waals surface area contributed by atoms with Gasteiger partial charge in [-0.3, -0.25) is 10.1 Å². The molecule has 0 radical (unpaired) electrons. The first-order chi connectivity index (χ1) is 11.3. The quantitative estimate of drug-likeness (QED) is 0.864. The van der Waals surface area contributed by atoms with Crippen molar-refractivity contribution in [2.75, 3.05) is 10.6 Å². The second kappa shape index (κ2) is 6.20. The summed E-state index contributed by atoms with van der Waals surface area (Å²) in [5.41, 5.74) is 1.68. The van der Waals surface area contributed by atoms with Gasteiger partial charge in [0.15, 0.2) is 5.78 Å². The van der Waals surface area contributed by atoms with Crippen LogP contribution in [-0.2, 0) is 6.42 Å². The minimum atomic E-state index is -0.460. The number of nitrogens with one attached hydrogen (secondary N) is 2. The molecule has 0 unspecified atom stereocenters. The van der Waals surface area contributed by atoms with E-state index >= 15 is 0 Å². The highest BCUT2D eigenvalue weighted by molar-refractivity contribution is 6.30. The Labute approximate surface area is 144 Å². The SMILES string of the molecule is CC1(C)CC(=O)c2cnc(NC(=O)Nc3ccc(Cl)cc3)nc2C1. The summed E-state index contributed by atoms with van der Waals surface area (Å²) >= 11 is 5.80. The maximum absolute atomic E-state index is 12.1. The van der Waals surface area contributed by atoms with Crippen LogP contribution in [0.4, 0.5) is 16.4 Å². The topological polar surface area (TPSA) is 84.0 Å². The predicted octanol–water partition coefficient (Wildman–Crippen LogP) is 3.93. The number of hydrogen-bond donors (Lipinski definition) is 2. The summed E-state index contributed by atoms with van der Waals surface area (Å²) in [6.07, 6.45) is 2.63. The van der Waals surface area contributed by atoms with E-state index in [1.54, 1.807) is 24.3 Å². The molecular formula is C17H17ClN4O2. The van der Waals surface area contributed by atoms with E-state index in [9.17, 15) is 9.59 Å². The summed E-state index contributed by atoms with van der Waals surface area (Å²) in [7, 11) is 0. The summed E-state index contributed by atoms with van der Waals surface area (Å²) in [5.74, 6) is 0.212. The second-order valence-corrected chi connectivity index (χ2v) is 7.02. The van der Waals surface area contributed by atoms with Crippen molar-refractivity contribution in [1.29, 1.82) is 0 Å². The Bertz CT molecular complexity index is 803. The first-order valence-corrected chi connectivity index (χ1v) is 7.93. The molecule has 24 heavy (non-hydrogen) atoms. The highest BCUT2D eigenvalue weighted by Crippen LogP contribution is 2.33. The number of carbonyl (C=O) groups excluding carboxylic acids is 2. The maximum Gasteiger partial charge on any atom is 0.326 e. The van der Waals surface area contributed by atoms with Crippen LogP contribution in [0.1, 0.15) is 36.3 Å². The van der Waals surface area contributed by atoms with Crippen LogP contribution in [0.25, 0.3) is 0 Å². The lowest BCUT2D eigenvalue weighted by molar-refractivity contribution is 0.0910. The Hall–Kier alpha value is -2.47. The van der Waals surface area contributed by atoms with E-state index in [2.05, 4.69) is 20.6 Å². The summed E-state index contributed by atoms with van der Waals surface area (Å²) in [5, 5.41) is 5.84. The fraction of sp³-hybridized carbons (Fsp3) is 0.294. The molecule has 3 rings (SSSR count). The smallest absolute Gasteiger partial charge is 0.308 e. The van der Waals surface area contributed by atoms with Crippen LogP contribution >= 0.6 is 11.6 Å². The van der Waals surface area contributed by atoms with Crippen LogP contribution in [-0.4, -0.2) is 21.8 Å². The molecule has 0 aliphatic heterocycles. The molecule has 1 aromatic heterocycles. The third-order valence-electron chi connectivity index (χ3n) is 3.78. The number of fused-ring (bicyclic) bond motifs is 1. The lowest BCUT2D eigenvalue weighted by atomic mass is 9.76. The van der Waals surface area contributed by atoms with Gasteiger partial charge in [0.05, 0.1) is 11.3 Å². The molecule has 1 aliphatic carbocycles. The fourth-order valence-corrected chi connectivity index (χ4v) is 2.81. The van der Waals surface area contributed by atoms with E-state index in [0.717, 1.165) is 0 Å². The maximum atomic E-state index is 12.1. The normalized spacial score (nSPS) is 15.5. The van der Waals surface area contributed by atoms with Crippen LogP contribution < -0.4 is 10.6 Å². The molecule has 7 heteroatoms. The molecule has 124 valence electrons. The molecule has 1 aromatic carbocycles. The Morgan fingerprint density at radius 3 is 2.58 bits per heavy atom. The minimum absolute atomic E-state index is 0.0402. The van der Waals surface area contributed by atoms with Gasteiger partial charge >= 0.3 is 6.03 Å². The van der Waals surface area contributed by atoms with Crippen LogP contribution in [0.15, 0.2) is 30.5 Å². The summed E-state index contributed by atoms with van der Waals surface area (Å²) < 4.78 is 0. The zero-order valence-electron chi connectivity index (χ0n) is 13.4. The number of aromatic nitrogens is 2. The van der Waals surface area contributed by atoms with Crippen molar-refractivity contribution in [1.82, 2.24) is 9.97 Å². The van der Waals surface area contributed by atoms with Gasteiger partial charge in [0.2, 0.25) is 5.95 Å². The molecule has 0 atom stereocenters. The fourth-order valence-electron chi connectivity index (χ4n) is 2.69. The Morgan fingerprint density at radius 2 is 1.88 bits per heavy atom. The third-order valence-corrected chi connectivity index (χ3v) is 4.03. The molecule has 0 fully saturated rings. The number of carbonyl (C=O) groups is 2. The van der Waals surface area contributed by atoms with Gasteiger partial charge in [-0.15, -0.1) is 0 Å².